The first kappa shape index (κ1) is 13.0. The molecule has 0 unspecified atom stereocenters. The van der Waals surface area contributed by atoms with E-state index in [1.54, 1.807) is 30.4 Å². The predicted octanol–water partition coefficient (Wildman–Crippen LogP) is 3.95. The summed E-state index contributed by atoms with van der Waals surface area (Å²) in [6, 6.07) is 6.89. The number of nitrogens with two attached hydrogens (primary N) is 1. The Hall–Kier alpha value is -2.01. The van der Waals surface area contributed by atoms with Gasteiger partial charge < -0.3 is 5.73 Å². The lowest BCUT2D eigenvalue weighted by atomic mass is 10.1. The first-order valence-electron chi connectivity index (χ1n) is 6.41. The Morgan fingerprint density at radius 3 is 2.75 bits per heavy atom. The number of hydrogen-bond donors (Lipinski definition) is 1. The molecule has 2 N–H and O–H groups in total. The van der Waals surface area contributed by atoms with E-state index in [1.165, 1.54) is 10.9 Å². The summed E-state index contributed by atoms with van der Waals surface area (Å²) in [5, 5.41) is 0.898. The minimum absolute atomic E-state index is 0.229. The number of fused-ring (bicyclic) bond motifs is 1. The molecule has 0 radical (unpaired) electrons. The molecule has 102 valence electrons. The van der Waals surface area contributed by atoms with Crippen molar-refractivity contribution in [2.75, 3.05) is 5.73 Å². The highest BCUT2D eigenvalue weighted by atomic mass is 32.1. The average molecular weight is 287 g/mol. The van der Waals surface area contributed by atoms with Gasteiger partial charge in [0, 0.05) is 10.4 Å². The predicted molar refractivity (Wildman–Crippen MR) is 81.3 cm³/mol. The fourth-order valence-corrected chi connectivity index (χ4v) is 3.06. The fourth-order valence-electron chi connectivity index (χ4n) is 2.08. The maximum Gasteiger partial charge on any atom is 0.163 e. The molecule has 5 heteroatoms. The van der Waals surface area contributed by atoms with Crippen molar-refractivity contribution in [3.8, 4) is 11.4 Å². The summed E-state index contributed by atoms with van der Waals surface area (Å²) in [5.74, 6) is 0.790. The Morgan fingerprint density at radius 1 is 1.25 bits per heavy atom. The lowest BCUT2D eigenvalue weighted by Gasteiger charge is -2.04. The van der Waals surface area contributed by atoms with Gasteiger partial charge in [0.05, 0.1) is 5.39 Å². The zero-order valence-electron chi connectivity index (χ0n) is 11.3. The summed E-state index contributed by atoms with van der Waals surface area (Å²) in [6.07, 6.45) is 0.950. The molecule has 0 bridgehead atoms. The number of hydrogen-bond acceptors (Lipinski definition) is 4. The van der Waals surface area contributed by atoms with E-state index in [1.807, 2.05) is 6.07 Å². The van der Waals surface area contributed by atoms with Gasteiger partial charge in [0.1, 0.15) is 16.5 Å². The van der Waals surface area contributed by atoms with Gasteiger partial charge in [-0.05, 0) is 43.2 Å². The first-order valence-corrected chi connectivity index (χ1v) is 7.22. The molecule has 3 rings (SSSR count). The first-order chi connectivity index (χ1) is 9.58. The molecule has 3 aromatic rings. The summed E-state index contributed by atoms with van der Waals surface area (Å²) < 4.78 is 13.3. The van der Waals surface area contributed by atoms with E-state index < -0.39 is 0 Å². The second kappa shape index (κ2) is 4.83. The maximum atomic E-state index is 13.3. The minimum Gasteiger partial charge on any atom is -0.383 e. The zero-order valence-corrected chi connectivity index (χ0v) is 12.1. The van der Waals surface area contributed by atoms with E-state index >= 15 is 0 Å². The number of aryl methyl sites for hydroxylation is 2. The Bertz CT molecular complexity index is 795. The molecule has 2 heterocycles. The quantitative estimate of drug-likeness (QED) is 0.776. The van der Waals surface area contributed by atoms with Gasteiger partial charge in [-0.25, -0.2) is 14.4 Å². The van der Waals surface area contributed by atoms with Gasteiger partial charge in [0.15, 0.2) is 5.82 Å². The summed E-state index contributed by atoms with van der Waals surface area (Å²) in [6.45, 7) is 3.82. The molecule has 0 amide bonds. The van der Waals surface area contributed by atoms with E-state index in [0.717, 1.165) is 22.2 Å². The Labute approximate surface area is 120 Å². The van der Waals surface area contributed by atoms with Crippen molar-refractivity contribution < 1.29 is 4.39 Å². The number of rotatable bonds is 2. The van der Waals surface area contributed by atoms with Crippen LogP contribution in [0, 0.1) is 12.7 Å². The van der Waals surface area contributed by atoms with Crippen LogP contribution in [-0.2, 0) is 6.42 Å². The molecule has 0 fully saturated rings. The molecule has 0 aliphatic carbocycles. The highest BCUT2D eigenvalue weighted by Gasteiger charge is 2.11. The van der Waals surface area contributed by atoms with Crippen LogP contribution >= 0.6 is 11.3 Å². The number of nitrogens with zero attached hydrogens (tertiary/aromatic N) is 2. The summed E-state index contributed by atoms with van der Waals surface area (Å²) >= 11 is 1.62. The Kier molecular flexibility index (Phi) is 3.14. The van der Waals surface area contributed by atoms with E-state index in [2.05, 4.69) is 16.9 Å². The second-order valence-corrected chi connectivity index (χ2v) is 5.80. The van der Waals surface area contributed by atoms with Gasteiger partial charge in [-0.2, -0.15) is 0 Å². The van der Waals surface area contributed by atoms with Crippen molar-refractivity contribution in [1.29, 1.82) is 0 Å². The molecule has 2 aromatic heterocycles. The minimum atomic E-state index is -0.229. The molecule has 20 heavy (non-hydrogen) atoms. The Morgan fingerprint density at radius 2 is 2.05 bits per heavy atom. The standard InChI is InChI=1S/C15H14FN3S/c1-3-10-7-11-13(17)18-14(19-15(11)20-10)9-4-5-12(16)8(2)6-9/h4-7H,3H2,1-2H3,(H2,17,18,19). The van der Waals surface area contributed by atoms with Gasteiger partial charge >= 0.3 is 0 Å². The molecule has 0 atom stereocenters. The van der Waals surface area contributed by atoms with Crippen molar-refractivity contribution in [3.05, 3.63) is 40.5 Å². The van der Waals surface area contributed by atoms with Crippen LogP contribution in [0.1, 0.15) is 17.4 Å². The van der Waals surface area contributed by atoms with Crippen LogP contribution in [-0.4, -0.2) is 9.97 Å². The third-order valence-electron chi connectivity index (χ3n) is 3.24. The van der Waals surface area contributed by atoms with Gasteiger partial charge in [0.2, 0.25) is 0 Å². The van der Waals surface area contributed by atoms with Crippen LogP contribution in [0.3, 0.4) is 0 Å². The van der Waals surface area contributed by atoms with Crippen LogP contribution in [0.15, 0.2) is 24.3 Å². The van der Waals surface area contributed by atoms with Crippen LogP contribution in [0.25, 0.3) is 21.6 Å². The van der Waals surface area contributed by atoms with Gasteiger partial charge in [-0.15, -0.1) is 11.3 Å². The van der Waals surface area contributed by atoms with E-state index in [4.69, 9.17) is 5.73 Å². The smallest absolute Gasteiger partial charge is 0.163 e. The molecule has 0 saturated heterocycles. The average Bonchev–Trinajstić information content (AvgIpc) is 2.85. The molecule has 3 nitrogen and oxygen atoms in total. The van der Waals surface area contributed by atoms with Crippen molar-refractivity contribution in [2.45, 2.75) is 20.3 Å². The fraction of sp³-hybridized carbons (Fsp3) is 0.200. The third-order valence-corrected chi connectivity index (χ3v) is 4.41. The van der Waals surface area contributed by atoms with Crippen molar-refractivity contribution >= 4 is 27.4 Å². The monoisotopic (exact) mass is 287 g/mol. The van der Waals surface area contributed by atoms with Gasteiger partial charge in [0.25, 0.3) is 0 Å². The highest BCUT2D eigenvalue weighted by molar-refractivity contribution is 7.18. The molecule has 0 spiro atoms. The van der Waals surface area contributed by atoms with Crippen LogP contribution in [0.5, 0.6) is 0 Å². The number of halogens is 1. The van der Waals surface area contributed by atoms with Gasteiger partial charge in [-0.1, -0.05) is 6.92 Å². The number of anilines is 1. The molecular weight excluding hydrogens is 273 g/mol. The zero-order chi connectivity index (χ0) is 14.3. The number of aromatic nitrogens is 2. The number of benzene rings is 1. The lowest BCUT2D eigenvalue weighted by Crippen LogP contribution is -1.96. The number of nitrogen functional groups attached to an aromatic ring is 1. The topological polar surface area (TPSA) is 51.8 Å². The normalized spacial score (nSPS) is 11.2. The third kappa shape index (κ3) is 2.14. The van der Waals surface area contributed by atoms with Crippen LogP contribution < -0.4 is 5.73 Å². The SMILES string of the molecule is CCc1cc2c(N)nc(-c3ccc(F)c(C)c3)nc2s1. The molecule has 0 aliphatic rings. The summed E-state index contributed by atoms with van der Waals surface area (Å²) in [7, 11) is 0. The number of thiophene rings is 1. The Balaban J connectivity index is 2.18. The molecule has 1 aromatic carbocycles. The summed E-state index contributed by atoms with van der Waals surface area (Å²) in [5.41, 5.74) is 7.37. The van der Waals surface area contributed by atoms with E-state index in [9.17, 15) is 4.39 Å². The van der Waals surface area contributed by atoms with Crippen molar-refractivity contribution in [2.24, 2.45) is 0 Å². The molecular formula is C15H14FN3S. The largest absolute Gasteiger partial charge is 0.383 e. The summed E-state index contributed by atoms with van der Waals surface area (Å²) in [4.78, 5) is 11.0. The van der Waals surface area contributed by atoms with Crippen molar-refractivity contribution in [3.63, 3.8) is 0 Å². The maximum absolute atomic E-state index is 13.3. The van der Waals surface area contributed by atoms with Crippen LogP contribution in [0.2, 0.25) is 0 Å². The van der Waals surface area contributed by atoms with Crippen molar-refractivity contribution in [1.82, 2.24) is 9.97 Å². The lowest BCUT2D eigenvalue weighted by molar-refractivity contribution is 0.618. The van der Waals surface area contributed by atoms with Gasteiger partial charge in [-0.3, -0.25) is 0 Å². The molecule has 0 saturated carbocycles. The second-order valence-electron chi connectivity index (χ2n) is 4.68. The molecule has 0 aliphatic heterocycles. The highest BCUT2D eigenvalue weighted by Crippen LogP contribution is 2.30. The van der Waals surface area contributed by atoms with E-state index in [-0.39, 0.29) is 5.82 Å². The van der Waals surface area contributed by atoms with Crippen LogP contribution in [0.4, 0.5) is 10.2 Å². The van der Waals surface area contributed by atoms with E-state index in [0.29, 0.717) is 17.2 Å².